The first-order valence-electron chi connectivity index (χ1n) is 4.78. The second-order valence-electron chi connectivity index (χ2n) is 3.45. The van der Waals surface area contributed by atoms with E-state index >= 15 is 0 Å². The first-order valence-corrected chi connectivity index (χ1v) is 6.69. The van der Waals surface area contributed by atoms with E-state index in [4.69, 9.17) is 0 Å². The van der Waals surface area contributed by atoms with Gasteiger partial charge in [0.1, 0.15) is 11.6 Å². The fourth-order valence-corrected chi connectivity index (χ4v) is 2.41. The second-order valence-corrected chi connectivity index (χ2v) is 4.96. The molecule has 0 fully saturated rings. The van der Waals surface area contributed by atoms with E-state index in [1.54, 1.807) is 0 Å². The molecule has 0 spiro atoms. The molecule has 1 atom stereocenters. The number of halogens is 4. The summed E-state index contributed by atoms with van der Waals surface area (Å²) in [5.41, 5.74) is 0.177. The molecule has 0 N–H and O–H groups in total. The molecule has 0 heterocycles. The maximum Gasteiger partial charge on any atom is 0.143 e. The number of benzene rings is 1. The monoisotopic (exact) mass is 340 g/mol. The molecule has 1 unspecified atom stereocenters. The van der Waals surface area contributed by atoms with E-state index in [0.29, 0.717) is 10.9 Å². The van der Waals surface area contributed by atoms with Gasteiger partial charge in [-0.25, -0.2) is 8.78 Å². The molecule has 0 saturated heterocycles. The lowest BCUT2D eigenvalue weighted by Gasteiger charge is -2.13. The highest BCUT2D eigenvalue weighted by atomic mass is 79.9. The highest BCUT2D eigenvalue weighted by Gasteiger charge is 2.16. The quantitative estimate of drug-likeness (QED) is 0.550. The molecule has 15 heavy (non-hydrogen) atoms. The first-order chi connectivity index (χ1) is 7.10. The lowest BCUT2D eigenvalue weighted by atomic mass is 9.98. The molecule has 4 heteroatoms. The van der Waals surface area contributed by atoms with E-state index < -0.39 is 11.6 Å². The predicted molar refractivity (Wildman–Crippen MR) is 65.3 cm³/mol. The maximum atomic E-state index is 13.6. The Hall–Kier alpha value is 0.0400. The molecule has 1 aromatic carbocycles. The molecule has 0 radical (unpaired) electrons. The minimum Gasteiger partial charge on any atom is -0.207 e. The first kappa shape index (κ1) is 13.1. The van der Waals surface area contributed by atoms with E-state index in [0.717, 1.165) is 11.8 Å². The van der Waals surface area contributed by atoms with Crippen LogP contribution in [0.15, 0.2) is 16.6 Å². The summed E-state index contributed by atoms with van der Waals surface area (Å²) in [5, 5.41) is 0.759. The Kier molecular flexibility index (Phi) is 5.19. The van der Waals surface area contributed by atoms with Crippen LogP contribution < -0.4 is 0 Å². The van der Waals surface area contributed by atoms with Crippen LogP contribution in [0.2, 0.25) is 0 Å². The number of hydrogen-bond acceptors (Lipinski definition) is 0. The third-order valence-corrected chi connectivity index (χ3v) is 3.96. The summed E-state index contributed by atoms with van der Waals surface area (Å²) in [5.74, 6) is -0.673. The Morgan fingerprint density at radius 2 is 2.00 bits per heavy atom. The SMILES string of the molecule is CCC(CBr)Cc1c(F)ccc(Br)c1F. The molecular formula is C11H12Br2F2. The number of alkyl halides is 1. The summed E-state index contributed by atoms with van der Waals surface area (Å²) in [6.07, 6.45) is 1.33. The molecule has 0 aliphatic rings. The molecule has 0 aliphatic carbocycles. The van der Waals surface area contributed by atoms with Gasteiger partial charge in [-0.2, -0.15) is 0 Å². The predicted octanol–water partition coefficient (Wildman–Crippen LogP) is 4.69. The molecule has 0 nitrogen and oxygen atoms in total. The Bertz CT molecular complexity index is 336. The summed E-state index contributed by atoms with van der Waals surface area (Å²) in [7, 11) is 0. The van der Waals surface area contributed by atoms with Crippen molar-refractivity contribution in [2.45, 2.75) is 19.8 Å². The van der Waals surface area contributed by atoms with Crippen molar-refractivity contribution >= 4 is 31.9 Å². The average molecular weight is 342 g/mol. The van der Waals surface area contributed by atoms with Crippen molar-refractivity contribution in [2.24, 2.45) is 5.92 Å². The van der Waals surface area contributed by atoms with Gasteiger partial charge < -0.3 is 0 Å². The van der Waals surface area contributed by atoms with Crippen molar-refractivity contribution in [3.05, 3.63) is 33.8 Å². The van der Waals surface area contributed by atoms with Crippen LogP contribution in [-0.4, -0.2) is 5.33 Å². The average Bonchev–Trinajstić information content (AvgIpc) is 2.24. The zero-order valence-electron chi connectivity index (χ0n) is 8.37. The van der Waals surface area contributed by atoms with Crippen molar-refractivity contribution in [1.29, 1.82) is 0 Å². The molecule has 1 rings (SSSR count). The zero-order valence-corrected chi connectivity index (χ0v) is 11.5. The molecule has 84 valence electrons. The minimum absolute atomic E-state index is 0.177. The van der Waals surface area contributed by atoms with Gasteiger partial charge in [-0.15, -0.1) is 0 Å². The van der Waals surface area contributed by atoms with Crippen LogP contribution in [0.25, 0.3) is 0 Å². The van der Waals surface area contributed by atoms with E-state index in [1.165, 1.54) is 12.1 Å². The van der Waals surface area contributed by atoms with Crippen molar-refractivity contribution in [2.75, 3.05) is 5.33 Å². The van der Waals surface area contributed by atoms with Crippen LogP contribution >= 0.6 is 31.9 Å². The standard InChI is InChI=1S/C11H12Br2F2/c1-2-7(6-12)5-8-10(14)4-3-9(13)11(8)15/h3-4,7H,2,5-6H2,1H3. The van der Waals surface area contributed by atoms with Gasteiger partial charge in [0.15, 0.2) is 0 Å². The summed E-state index contributed by atoms with van der Waals surface area (Å²) in [6.45, 7) is 2.01. The third kappa shape index (κ3) is 3.25. The highest BCUT2D eigenvalue weighted by molar-refractivity contribution is 9.10. The van der Waals surface area contributed by atoms with E-state index in [2.05, 4.69) is 31.9 Å². The van der Waals surface area contributed by atoms with Crippen LogP contribution in [0.5, 0.6) is 0 Å². The van der Waals surface area contributed by atoms with Crippen molar-refractivity contribution in [3.8, 4) is 0 Å². The van der Waals surface area contributed by atoms with Crippen LogP contribution in [0.1, 0.15) is 18.9 Å². The Morgan fingerprint density at radius 1 is 1.33 bits per heavy atom. The van der Waals surface area contributed by atoms with Gasteiger partial charge in [-0.3, -0.25) is 0 Å². The molecule has 0 aliphatic heterocycles. The fraction of sp³-hybridized carbons (Fsp3) is 0.455. The van der Waals surface area contributed by atoms with E-state index in [-0.39, 0.29) is 11.5 Å². The largest absolute Gasteiger partial charge is 0.207 e. The maximum absolute atomic E-state index is 13.6. The van der Waals surface area contributed by atoms with Crippen LogP contribution in [0.3, 0.4) is 0 Å². The van der Waals surface area contributed by atoms with Crippen LogP contribution in [0, 0.1) is 17.6 Å². The molecule has 0 aromatic heterocycles. The van der Waals surface area contributed by atoms with Gasteiger partial charge in [0.2, 0.25) is 0 Å². The van der Waals surface area contributed by atoms with Crippen molar-refractivity contribution in [3.63, 3.8) is 0 Å². The Labute approximate surface area is 105 Å². The van der Waals surface area contributed by atoms with Crippen LogP contribution in [0.4, 0.5) is 8.78 Å². The lowest BCUT2D eigenvalue weighted by molar-refractivity contribution is 0.502. The smallest absolute Gasteiger partial charge is 0.143 e. The van der Waals surface area contributed by atoms with Gasteiger partial charge in [0.05, 0.1) is 4.47 Å². The summed E-state index contributed by atoms with van der Waals surface area (Å²) < 4.78 is 27.3. The molecule has 0 saturated carbocycles. The minimum atomic E-state index is -0.477. The fourth-order valence-electron chi connectivity index (χ4n) is 1.35. The van der Waals surface area contributed by atoms with Gasteiger partial charge in [0, 0.05) is 10.9 Å². The van der Waals surface area contributed by atoms with Gasteiger partial charge in [-0.05, 0) is 40.4 Å². The Morgan fingerprint density at radius 3 is 2.53 bits per heavy atom. The van der Waals surface area contributed by atoms with E-state index in [9.17, 15) is 8.78 Å². The van der Waals surface area contributed by atoms with Gasteiger partial charge >= 0.3 is 0 Å². The molecule has 1 aromatic rings. The molecule has 0 bridgehead atoms. The normalized spacial score (nSPS) is 12.9. The zero-order chi connectivity index (χ0) is 11.4. The Balaban J connectivity index is 2.97. The number of rotatable bonds is 4. The van der Waals surface area contributed by atoms with Crippen LogP contribution in [-0.2, 0) is 6.42 Å². The second kappa shape index (κ2) is 5.94. The summed E-state index contributed by atoms with van der Waals surface area (Å²) >= 11 is 6.41. The van der Waals surface area contributed by atoms with Gasteiger partial charge in [0.25, 0.3) is 0 Å². The van der Waals surface area contributed by atoms with Crippen molar-refractivity contribution < 1.29 is 8.78 Å². The van der Waals surface area contributed by atoms with Crippen molar-refractivity contribution in [1.82, 2.24) is 0 Å². The summed E-state index contributed by atoms with van der Waals surface area (Å²) in [6, 6.07) is 2.69. The molecular weight excluding hydrogens is 330 g/mol. The number of hydrogen-bond donors (Lipinski definition) is 0. The van der Waals surface area contributed by atoms with E-state index in [1.807, 2.05) is 6.92 Å². The third-order valence-electron chi connectivity index (χ3n) is 2.43. The summed E-state index contributed by atoms with van der Waals surface area (Å²) in [4.78, 5) is 0. The lowest BCUT2D eigenvalue weighted by Crippen LogP contribution is -2.08. The highest BCUT2D eigenvalue weighted by Crippen LogP contribution is 2.25. The van der Waals surface area contributed by atoms with Gasteiger partial charge in [-0.1, -0.05) is 29.3 Å². The topological polar surface area (TPSA) is 0 Å². The molecule has 0 amide bonds.